The topological polar surface area (TPSA) is 47.6 Å². The van der Waals surface area contributed by atoms with Crippen molar-refractivity contribution in [3.8, 4) is 0 Å². The van der Waals surface area contributed by atoms with Crippen molar-refractivity contribution < 1.29 is 14.3 Å². The number of hydrogen-bond acceptors (Lipinski definition) is 4. The largest absolute Gasteiger partial charge is 0.462 e. The van der Waals surface area contributed by atoms with Gasteiger partial charge in [-0.25, -0.2) is 0 Å². The molecule has 1 N–H and O–H groups in total. The van der Waals surface area contributed by atoms with Crippen molar-refractivity contribution in [3.05, 3.63) is 0 Å². The Hall–Kier alpha value is -0.610. The summed E-state index contributed by atoms with van der Waals surface area (Å²) in [5.74, 6) is -0.156. The van der Waals surface area contributed by atoms with Gasteiger partial charge in [0.15, 0.2) is 0 Å². The molecule has 1 aliphatic heterocycles. The number of nitrogens with one attached hydrogen (secondary N) is 1. The lowest BCUT2D eigenvalue weighted by Crippen LogP contribution is -2.52. The average Bonchev–Trinajstić information content (AvgIpc) is 2.17. The molecule has 1 saturated heterocycles. The second kappa shape index (κ2) is 5.47. The summed E-state index contributed by atoms with van der Waals surface area (Å²) in [5.41, 5.74) is -0.0115. The summed E-state index contributed by atoms with van der Waals surface area (Å²) in [6.45, 7) is 5.89. The fourth-order valence-corrected chi connectivity index (χ4v) is 1.92. The SMILES string of the molecule is COCCOC(=O)C1NCCCC1(C)C. The molecule has 0 bridgehead atoms. The molecule has 0 spiro atoms. The molecule has 0 aromatic rings. The molecule has 0 aliphatic carbocycles. The van der Waals surface area contributed by atoms with Crippen LogP contribution in [0.1, 0.15) is 26.7 Å². The fourth-order valence-electron chi connectivity index (χ4n) is 1.92. The van der Waals surface area contributed by atoms with Crippen LogP contribution in [0.15, 0.2) is 0 Å². The van der Waals surface area contributed by atoms with E-state index in [1.807, 2.05) is 0 Å². The van der Waals surface area contributed by atoms with Gasteiger partial charge in [0.05, 0.1) is 6.61 Å². The first kappa shape index (κ1) is 12.5. The van der Waals surface area contributed by atoms with E-state index in [9.17, 15) is 4.79 Å². The lowest BCUT2D eigenvalue weighted by Gasteiger charge is -2.37. The molecule has 1 aliphatic rings. The Balaban J connectivity index is 2.42. The minimum atomic E-state index is -0.178. The molecule has 4 nitrogen and oxygen atoms in total. The maximum Gasteiger partial charge on any atom is 0.323 e. The van der Waals surface area contributed by atoms with Crippen LogP contribution >= 0.6 is 0 Å². The van der Waals surface area contributed by atoms with Crippen molar-refractivity contribution in [2.45, 2.75) is 32.7 Å². The van der Waals surface area contributed by atoms with Crippen LogP contribution in [0.4, 0.5) is 0 Å². The molecule has 0 aromatic carbocycles. The molecular formula is C11H21NO3. The number of carbonyl (C=O) groups is 1. The minimum Gasteiger partial charge on any atom is -0.462 e. The van der Waals surface area contributed by atoms with Gasteiger partial charge in [-0.3, -0.25) is 4.79 Å². The van der Waals surface area contributed by atoms with Crippen molar-refractivity contribution in [2.24, 2.45) is 5.41 Å². The highest BCUT2D eigenvalue weighted by atomic mass is 16.6. The van der Waals surface area contributed by atoms with E-state index in [0.29, 0.717) is 13.2 Å². The van der Waals surface area contributed by atoms with Gasteiger partial charge in [-0.1, -0.05) is 13.8 Å². The zero-order chi connectivity index (χ0) is 11.3. The zero-order valence-electron chi connectivity index (χ0n) is 9.84. The van der Waals surface area contributed by atoms with E-state index in [1.54, 1.807) is 7.11 Å². The Kier molecular flexibility index (Phi) is 4.54. The Labute approximate surface area is 91.3 Å². The number of esters is 1. The summed E-state index contributed by atoms with van der Waals surface area (Å²) in [6, 6.07) is -0.178. The number of piperidine rings is 1. The lowest BCUT2D eigenvalue weighted by molar-refractivity contribution is -0.151. The van der Waals surface area contributed by atoms with Crippen LogP contribution in [0, 0.1) is 5.41 Å². The van der Waals surface area contributed by atoms with Gasteiger partial charge in [-0.15, -0.1) is 0 Å². The molecule has 1 fully saturated rings. The van der Waals surface area contributed by atoms with Crippen LogP contribution in [0.2, 0.25) is 0 Å². The predicted octanol–water partition coefficient (Wildman–Crippen LogP) is 0.954. The molecule has 1 unspecified atom stereocenters. The Bertz CT molecular complexity index is 216. The van der Waals surface area contributed by atoms with E-state index in [-0.39, 0.29) is 17.4 Å². The first-order valence-electron chi connectivity index (χ1n) is 5.47. The highest BCUT2D eigenvalue weighted by molar-refractivity contribution is 5.77. The Morgan fingerprint density at radius 1 is 1.47 bits per heavy atom. The van der Waals surface area contributed by atoms with Gasteiger partial charge in [0, 0.05) is 7.11 Å². The molecule has 0 saturated carbocycles. The van der Waals surface area contributed by atoms with Crippen molar-refractivity contribution in [3.63, 3.8) is 0 Å². The maximum atomic E-state index is 11.7. The lowest BCUT2D eigenvalue weighted by atomic mass is 9.77. The van der Waals surface area contributed by atoms with Crippen molar-refractivity contribution in [2.75, 3.05) is 26.9 Å². The van der Waals surface area contributed by atoms with Crippen molar-refractivity contribution in [1.82, 2.24) is 5.32 Å². The third-order valence-electron chi connectivity index (χ3n) is 2.90. The average molecular weight is 215 g/mol. The zero-order valence-corrected chi connectivity index (χ0v) is 9.84. The molecule has 4 heteroatoms. The van der Waals surface area contributed by atoms with Gasteiger partial charge < -0.3 is 14.8 Å². The van der Waals surface area contributed by atoms with Gasteiger partial charge in [0.1, 0.15) is 12.6 Å². The van der Waals surface area contributed by atoms with E-state index >= 15 is 0 Å². The molecule has 0 radical (unpaired) electrons. The highest BCUT2D eigenvalue weighted by Crippen LogP contribution is 2.30. The number of carbonyl (C=O) groups excluding carboxylic acids is 1. The van der Waals surface area contributed by atoms with E-state index in [2.05, 4.69) is 19.2 Å². The molecular weight excluding hydrogens is 194 g/mol. The quantitative estimate of drug-likeness (QED) is 0.560. The number of methoxy groups -OCH3 is 1. The minimum absolute atomic E-state index is 0.0115. The van der Waals surface area contributed by atoms with Crippen LogP contribution < -0.4 is 5.32 Å². The molecule has 15 heavy (non-hydrogen) atoms. The van der Waals surface area contributed by atoms with Gasteiger partial charge in [-0.2, -0.15) is 0 Å². The number of rotatable bonds is 4. The molecule has 1 atom stereocenters. The van der Waals surface area contributed by atoms with Crippen LogP contribution in [0.5, 0.6) is 0 Å². The van der Waals surface area contributed by atoms with Crippen LogP contribution in [0.25, 0.3) is 0 Å². The summed E-state index contributed by atoms with van der Waals surface area (Å²) in [7, 11) is 1.59. The van der Waals surface area contributed by atoms with Gasteiger partial charge in [0.2, 0.25) is 0 Å². The Morgan fingerprint density at radius 2 is 2.20 bits per heavy atom. The van der Waals surface area contributed by atoms with E-state index < -0.39 is 0 Å². The number of hydrogen-bond donors (Lipinski definition) is 1. The van der Waals surface area contributed by atoms with Gasteiger partial charge >= 0.3 is 5.97 Å². The Morgan fingerprint density at radius 3 is 2.80 bits per heavy atom. The first-order chi connectivity index (χ1) is 7.08. The normalized spacial score (nSPS) is 24.9. The van der Waals surface area contributed by atoms with E-state index in [1.165, 1.54) is 0 Å². The standard InChI is InChI=1S/C11H21NO3/c1-11(2)5-4-6-12-9(11)10(13)15-8-7-14-3/h9,12H,4-8H2,1-3H3. The van der Waals surface area contributed by atoms with Crippen LogP contribution in [-0.2, 0) is 14.3 Å². The third kappa shape index (κ3) is 3.47. The van der Waals surface area contributed by atoms with Crippen LogP contribution in [0.3, 0.4) is 0 Å². The second-order valence-corrected chi connectivity index (χ2v) is 4.64. The summed E-state index contributed by atoms with van der Waals surface area (Å²) < 4.78 is 9.96. The van der Waals surface area contributed by atoms with Crippen LogP contribution in [-0.4, -0.2) is 38.9 Å². The maximum absolute atomic E-state index is 11.7. The fraction of sp³-hybridized carbons (Fsp3) is 0.909. The summed E-state index contributed by atoms with van der Waals surface area (Å²) in [4.78, 5) is 11.7. The summed E-state index contributed by atoms with van der Waals surface area (Å²) in [6.07, 6.45) is 2.18. The second-order valence-electron chi connectivity index (χ2n) is 4.64. The van der Waals surface area contributed by atoms with Gasteiger partial charge in [0.25, 0.3) is 0 Å². The van der Waals surface area contributed by atoms with E-state index in [0.717, 1.165) is 19.4 Å². The summed E-state index contributed by atoms with van der Waals surface area (Å²) in [5, 5.41) is 3.22. The predicted molar refractivity (Wildman–Crippen MR) is 57.6 cm³/mol. The first-order valence-corrected chi connectivity index (χ1v) is 5.47. The molecule has 1 heterocycles. The molecule has 88 valence electrons. The monoisotopic (exact) mass is 215 g/mol. The van der Waals surface area contributed by atoms with Crippen molar-refractivity contribution in [1.29, 1.82) is 0 Å². The molecule has 1 rings (SSSR count). The molecule has 0 amide bonds. The highest BCUT2D eigenvalue weighted by Gasteiger charge is 2.38. The summed E-state index contributed by atoms with van der Waals surface area (Å²) >= 11 is 0. The molecule has 0 aromatic heterocycles. The van der Waals surface area contributed by atoms with Gasteiger partial charge in [-0.05, 0) is 24.8 Å². The number of ether oxygens (including phenoxy) is 2. The van der Waals surface area contributed by atoms with Crippen molar-refractivity contribution >= 4 is 5.97 Å². The third-order valence-corrected chi connectivity index (χ3v) is 2.90. The smallest absolute Gasteiger partial charge is 0.323 e. The van der Waals surface area contributed by atoms with E-state index in [4.69, 9.17) is 9.47 Å².